The third kappa shape index (κ3) is 4.47. The largest absolute Gasteiger partial charge is 0.348 e. The Kier molecular flexibility index (Phi) is 5.63. The maximum absolute atomic E-state index is 13.8. The summed E-state index contributed by atoms with van der Waals surface area (Å²) in [6.45, 7) is 2.59. The normalized spacial score (nSPS) is 16.1. The summed E-state index contributed by atoms with van der Waals surface area (Å²) in [6.07, 6.45) is 3.21. The van der Waals surface area contributed by atoms with E-state index >= 15 is 0 Å². The Morgan fingerprint density at radius 3 is 2.62 bits per heavy atom. The van der Waals surface area contributed by atoms with E-state index in [1.807, 2.05) is 24.3 Å². The molecule has 9 heteroatoms. The molecule has 3 heterocycles. The van der Waals surface area contributed by atoms with Gasteiger partial charge in [0.05, 0.1) is 6.54 Å². The van der Waals surface area contributed by atoms with Crippen molar-refractivity contribution in [2.45, 2.75) is 51.5 Å². The first-order valence-corrected chi connectivity index (χ1v) is 10.3. The molecule has 1 aromatic carbocycles. The molecular formula is C20H23ClF2N6. The summed E-state index contributed by atoms with van der Waals surface area (Å²) in [4.78, 5) is 10.8. The number of aromatic nitrogens is 5. The standard InChI is InChI=1S/C20H23ClF2N6/c1-2-3-4-16-24-18(28-12-10-20(22,23)13-28)17-19(25-16)29(27-26-17)11-9-14-5-7-15(21)8-6-14/h5-8H,2-4,9-13H2,1H3. The summed E-state index contributed by atoms with van der Waals surface area (Å²) >= 11 is 5.95. The van der Waals surface area contributed by atoms with Crippen LogP contribution >= 0.6 is 11.6 Å². The molecule has 2 aromatic heterocycles. The number of unbranched alkanes of at least 4 members (excludes halogenated alkanes) is 1. The minimum Gasteiger partial charge on any atom is -0.348 e. The van der Waals surface area contributed by atoms with Gasteiger partial charge in [-0.1, -0.05) is 42.3 Å². The molecule has 0 radical (unpaired) electrons. The number of anilines is 1. The Bertz CT molecular complexity index is 989. The molecule has 1 aliphatic rings. The topological polar surface area (TPSA) is 59.7 Å². The number of fused-ring (bicyclic) bond motifs is 1. The molecule has 1 fully saturated rings. The lowest BCUT2D eigenvalue weighted by Gasteiger charge is -2.18. The van der Waals surface area contributed by atoms with Gasteiger partial charge in [0.1, 0.15) is 5.82 Å². The maximum atomic E-state index is 13.8. The van der Waals surface area contributed by atoms with Gasteiger partial charge in [0.2, 0.25) is 0 Å². The van der Waals surface area contributed by atoms with E-state index in [2.05, 4.69) is 27.2 Å². The van der Waals surface area contributed by atoms with Gasteiger partial charge in [-0.2, -0.15) is 0 Å². The summed E-state index contributed by atoms with van der Waals surface area (Å²) in [5, 5.41) is 9.18. The Hall–Kier alpha value is -2.35. The van der Waals surface area contributed by atoms with Crippen molar-refractivity contribution in [3.8, 4) is 0 Å². The van der Waals surface area contributed by atoms with E-state index in [0.29, 0.717) is 40.8 Å². The van der Waals surface area contributed by atoms with Gasteiger partial charge >= 0.3 is 0 Å². The molecule has 0 amide bonds. The zero-order chi connectivity index (χ0) is 20.4. The smallest absolute Gasteiger partial charge is 0.266 e. The predicted octanol–water partition coefficient (Wildman–Crippen LogP) is 4.31. The fourth-order valence-corrected chi connectivity index (χ4v) is 3.63. The summed E-state index contributed by atoms with van der Waals surface area (Å²) in [7, 11) is 0. The van der Waals surface area contributed by atoms with Gasteiger partial charge in [-0.05, 0) is 30.5 Å². The van der Waals surface area contributed by atoms with Crippen LogP contribution in [0.5, 0.6) is 0 Å². The van der Waals surface area contributed by atoms with Crippen molar-refractivity contribution in [1.82, 2.24) is 25.0 Å². The minimum atomic E-state index is -2.70. The van der Waals surface area contributed by atoms with Gasteiger partial charge in [-0.25, -0.2) is 23.4 Å². The van der Waals surface area contributed by atoms with Crippen LogP contribution in [0.4, 0.5) is 14.6 Å². The Labute approximate surface area is 172 Å². The van der Waals surface area contributed by atoms with Crippen molar-refractivity contribution in [2.24, 2.45) is 0 Å². The van der Waals surface area contributed by atoms with Gasteiger partial charge in [-0.3, -0.25) is 0 Å². The molecule has 0 aliphatic carbocycles. The highest BCUT2D eigenvalue weighted by molar-refractivity contribution is 6.30. The van der Waals surface area contributed by atoms with Crippen LogP contribution in [0, 0.1) is 0 Å². The van der Waals surface area contributed by atoms with Crippen molar-refractivity contribution >= 4 is 28.6 Å². The second kappa shape index (κ2) is 8.18. The average Bonchev–Trinajstić information content (AvgIpc) is 3.28. The maximum Gasteiger partial charge on any atom is 0.266 e. The molecule has 0 saturated carbocycles. The Morgan fingerprint density at radius 1 is 1.14 bits per heavy atom. The summed E-state index contributed by atoms with van der Waals surface area (Å²) in [6, 6.07) is 7.65. The molecule has 1 saturated heterocycles. The number of hydrogen-bond donors (Lipinski definition) is 0. The fraction of sp³-hybridized carbons (Fsp3) is 0.500. The monoisotopic (exact) mass is 420 g/mol. The first-order chi connectivity index (χ1) is 13.9. The molecular weight excluding hydrogens is 398 g/mol. The van der Waals surface area contributed by atoms with Crippen LogP contribution in [0.3, 0.4) is 0 Å². The summed E-state index contributed by atoms with van der Waals surface area (Å²) in [5.41, 5.74) is 2.21. The fourth-order valence-electron chi connectivity index (χ4n) is 3.51. The van der Waals surface area contributed by atoms with E-state index in [1.165, 1.54) is 0 Å². The number of rotatable bonds is 7. The van der Waals surface area contributed by atoms with Crippen LogP contribution in [0.2, 0.25) is 5.02 Å². The molecule has 0 spiro atoms. The van der Waals surface area contributed by atoms with E-state index in [9.17, 15) is 8.78 Å². The second-order valence-corrected chi connectivity index (χ2v) is 7.89. The molecule has 1 aliphatic heterocycles. The highest BCUT2D eigenvalue weighted by Crippen LogP contribution is 2.32. The molecule has 3 aromatic rings. The molecule has 154 valence electrons. The van der Waals surface area contributed by atoms with Crippen LogP contribution in [-0.4, -0.2) is 44.0 Å². The molecule has 29 heavy (non-hydrogen) atoms. The number of nitrogens with zero attached hydrogens (tertiary/aromatic N) is 6. The van der Waals surface area contributed by atoms with Gasteiger partial charge in [0.15, 0.2) is 17.0 Å². The van der Waals surface area contributed by atoms with Crippen molar-refractivity contribution in [2.75, 3.05) is 18.0 Å². The lowest BCUT2D eigenvalue weighted by molar-refractivity contribution is 0.0257. The van der Waals surface area contributed by atoms with Crippen molar-refractivity contribution < 1.29 is 8.78 Å². The van der Waals surface area contributed by atoms with E-state index in [1.54, 1.807) is 9.58 Å². The Morgan fingerprint density at radius 2 is 1.93 bits per heavy atom. The minimum absolute atomic E-state index is 0.173. The number of halogens is 3. The molecule has 6 nitrogen and oxygen atoms in total. The zero-order valence-electron chi connectivity index (χ0n) is 16.3. The highest BCUT2D eigenvalue weighted by atomic mass is 35.5. The van der Waals surface area contributed by atoms with E-state index in [4.69, 9.17) is 11.6 Å². The van der Waals surface area contributed by atoms with Crippen LogP contribution in [0.25, 0.3) is 11.2 Å². The zero-order valence-corrected chi connectivity index (χ0v) is 17.0. The molecule has 0 N–H and O–H groups in total. The van der Waals surface area contributed by atoms with Crippen molar-refractivity contribution in [3.05, 3.63) is 40.7 Å². The molecule has 4 rings (SSSR count). The van der Waals surface area contributed by atoms with Gasteiger partial charge < -0.3 is 4.90 Å². The Balaban J connectivity index is 1.65. The van der Waals surface area contributed by atoms with Gasteiger partial charge in [0.25, 0.3) is 5.92 Å². The van der Waals surface area contributed by atoms with Crippen molar-refractivity contribution in [3.63, 3.8) is 0 Å². The third-order valence-corrected chi connectivity index (χ3v) is 5.39. The van der Waals surface area contributed by atoms with E-state index in [0.717, 1.165) is 24.8 Å². The summed E-state index contributed by atoms with van der Waals surface area (Å²) < 4.78 is 29.3. The molecule has 0 atom stereocenters. The first-order valence-electron chi connectivity index (χ1n) is 9.92. The van der Waals surface area contributed by atoms with Crippen LogP contribution in [0.1, 0.15) is 37.6 Å². The molecule has 0 unspecified atom stereocenters. The number of alkyl halides is 2. The van der Waals surface area contributed by atoms with Crippen LogP contribution in [0.15, 0.2) is 24.3 Å². The number of benzene rings is 1. The van der Waals surface area contributed by atoms with E-state index in [-0.39, 0.29) is 19.5 Å². The first kappa shape index (κ1) is 19.9. The van der Waals surface area contributed by atoms with Gasteiger partial charge in [-0.15, -0.1) is 5.10 Å². The molecule has 0 bridgehead atoms. The van der Waals surface area contributed by atoms with Gasteiger partial charge in [0, 0.05) is 31.0 Å². The average molecular weight is 421 g/mol. The second-order valence-electron chi connectivity index (χ2n) is 7.46. The summed E-state index contributed by atoms with van der Waals surface area (Å²) in [5.74, 6) is -1.58. The third-order valence-electron chi connectivity index (χ3n) is 5.14. The van der Waals surface area contributed by atoms with Crippen LogP contribution < -0.4 is 4.90 Å². The van der Waals surface area contributed by atoms with E-state index < -0.39 is 5.92 Å². The SMILES string of the molecule is CCCCc1nc(N2CCC(F)(F)C2)c2nnn(CCc3ccc(Cl)cc3)c2n1. The number of aryl methyl sites for hydroxylation is 3. The van der Waals surface area contributed by atoms with Crippen LogP contribution in [-0.2, 0) is 19.4 Å². The lowest BCUT2D eigenvalue weighted by atomic mass is 10.1. The van der Waals surface area contributed by atoms with Crippen molar-refractivity contribution in [1.29, 1.82) is 0 Å². The quantitative estimate of drug-likeness (QED) is 0.570. The highest BCUT2D eigenvalue weighted by Gasteiger charge is 2.40. The number of hydrogen-bond acceptors (Lipinski definition) is 5. The lowest BCUT2D eigenvalue weighted by Crippen LogP contribution is -2.26. The predicted molar refractivity (Wildman–Crippen MR) is 109 cm³/mol.